The molecule has 0 aliphatic carbocycles. The van der Waals surface area contributed by atoms with Crippen molar-refractivity contribution in [2.75, 3.05) is 13.2 Å². The van der Waals surface area contributed by atoms with Gasteiger partial charge >= 0.3 is 12.0 Å². The van der Waals surface area contributed by atoms with Gasteiger partial charge in [-0.05, 0) is 31.0 Å². The molecule has 0 aromatic heterocycles. The molecule has 0 saturated carbocycles. The van der Waals surface area contributed by atoms with Gasteiger partial charge in [-0.25, -0.2) is 9.18 Å². The van der Waals surface area contributed by atoms with Gasteiger partial charge < -0.3 is 15.4 Å². The number of ether oxygens (including phenoxy) is 1. The minimum Gasteiger partial charge on any atom is -0.454 e. The van der Waals surface area contributed by atoms with Crippen LogP contribution in [0.4, 0.5) is 9.18 Å². The van der Waals surface area contributed by atoms with Gasteiger partial charge in [0.25, 0.3) is 11.8 Å². The van der Waals surface area contributed by atoms with E-state index >= 15 is 0 Å². The summed E-state index contributed by atoms with van der Waals surface area (Å²) < 4.78 is 17.7. The van der Waals surface area contributed by atoms with Crippen LogP contribution in [-0.2, 0) is 25.7 Å². The van der Waals surface area contributed by atoms with E-state index < -0.39 is 42.5 Å². The van der Waals surface area contributed by atoms with Crippen LogP contribution >= 0.6 is 0 Å². The smallest absolute Gasteiger partial charge is 0.326 e. The predicted octanol–water partition coefficient (Wildman–Crippen LogP) is 1.49. The van der Waals surface area contributed by atoms with Crippen LogP contribution in [-0.4, -0.2) is 47.4 Å². The second-order valence-corrected chi connectivity index (χ2v) is 6.82. The Morgan fingerprint density at radius 1 is 1.25 bits per heavy atom. The molecule has 1 fully saturated rings. The number of unbranched alkanes of at least 4 members (excludes halogenated alkanes) is 1. The Morgan fingerprint density at radius 2 is 1.93 bits per heavy atom. The van der Waals surface area contributed by atoms with Crippen LogP contribution in [0.15, 0.2) is 24.3 Å². The first-order valence-corrected chi connectivity index (χ1v) is 9.06. The molecule has 0 bridgehead atoms. The molecule has 1 aliphatic rings. The summed E-state index contributed by atoms with van der Waals surface area (Å²) in [5.74, 6) is -2.28. The maximum atomic E-state index is 12.8. The topological polar surface area (TPSA) is 105 Å². The Hall–Kier alpha value is -2.97. The van der Waals surface area contributed by atoms with Crippen LogP contribution in [0.1, 0.15) is 38.7 Å². The highest BCUT2D eigenvalue weighted by Crippen LogP contribution is 2.23. The SMILES string of the molecule is CCCC[C@]1(C)NC(=O)N(CC(=O)OCC(=O)NCc2ccc(F)cc2)C1=O. The Kier molecular flexibility index (Phi) is 7.08. The number of amides is 4. The molecule has 1 saturated heterocycles. The van der Waals surface area contributed by atoms with Crippen LogP contribution < -0.4 is 10.6 Å². The molecule has 9 heteroatoms. The molecule has 152 valence electrons. The zero-order valence-corrected chi connectivity index (χ0v) is 15.9. The Labute approximate surface area is 162 Å². The van der Waals surface area contributed by atoms with E-state index in [2.05, 4.69) is 10.6 Å². The summed E-state index contributed by atoms with van der Waals surface area (Å²) in [4.78, 5) is 48.9. The van der Waals surface area contributed by atoms with Crippen LogP contribution in [0.2, 0.25) is 0 Å². The summed E-state index contributed by atoms with van der Waals surface area (Å²) in [7, 11) is 0. The van der Waals surface area contributed by atoms with Gasteiger partial charge in [0.15, 0.2) is 6.61 Å². The molecule has 8 nitrogen and oxygen atoms in total. The number of carbonyl (C=O) groups excluding carboxylic acids is 4. The van der Waals surface area contributed by atoms with Gasteiger partial charge in [-0.15, -0.1) is 0 Å². The highest BCUT2D eigenvalue weighted by atomic mass is 19.1. The molecule has 1 aromatic carbocycles. The average Bonchev–Trinajstić information content (AvgIpc) is 2.87. The van der Waals surface area contributed by atoms with Gasteiger partial charge in [-0.3, -0.25) is 19.3 Å². The standard InChI is InChI=1S/C19H24FN3O5/c1-3-4-9-19(2)17(26)23(18(27)22-19)11-16(25)28-12-15(24)21-10-13-5-7-14(20)8-6-13/h5-8H,3-4,9-12H2,1-2H3,(H,21,24)(H,22,27)/t19-/m0/s1. The zero-order valence-electron chi connectivity index (χ0n) is 15.9. The fourth-order valence-corrected chi connectivity index (χ4v) is 2.77. The first-order valence-electron chi connectivity index (χ1n) is 9.06. The van der Waals surface area contributed by atoms with E-state index in [0.29, 0.717) is 12.0 Å². The van der Waals surface area contributed by atoms with Crippen LogP contribution in [0.25, 0.3) is 0 Å². The molecule has 4 amide bonds. The Bertz CT molecular complexity index is 752. The van der Waals surface area contributed by atoms with Crippen molar-refractivity contribution in [3.63, 3.8) is 0 Å². The number of hydrogen-bond donors (Lipinski definition) is 2. The molecule has 2 rings (SSSR count). The number of urea groups is 1. The molecule has 1 heterocycles. The van der Waals surface area contributed by atoms with Gasteiger partial charge in [-0.2, -0.15) is 0 Å². The quantitative estimate of drug-likeness (QED) is 0.489. The lowest BCUT2D eigenvalue weighted by atomic mass is 9.95. The number of benzene rings is 1. The van der Waals surface area contributed by atoms with Gasteiger partial charge in [-0.1, -0.05) is 31.9 Å². The largest absolute Gasteiger partial charge is 0.454 e. The Balaban J connectivity index is 1.77. The van der Waals surface area contributed by atoms with Crippen molar-refractivity contribution < 1.29 is 28.3 Å². The minimum absolute atomic E-state index is 0.152. The van der Waals surface area contributed by atoms with E-state index in [-0.39, 0.29) is 12.4 Å². The first-order chi connectivity index (χ1) is 13.2. The molecular weight excluding hydrogens is 369 g/mol. The van der Waals surface area contributed by atoms with Gasteiger partial charge in [0.1, 0.15) is 17.9 Å². The van der Waals surface area contributed by atoms with Crippen molar-refractivity contribution in [1.29, 1.82) is 0 Å². The number of imide groups is 1. The molecule has 1 aliphatic heterocycles. The third-order valence-electron chi connectivity index (χ3n) is 4.43. The van der Waals surface area contributed by atoms with Crippen molar-refractivity contribution >= 4 is 23.8 Å². The van der Waals surface area contributed by atoms with Gasteiger partial charge in [0.2, 0.25) is 0 Å². The summed E-state index contributed by atoms with van der Waals surface area (Å²) in [5.41, 5.74) is -0.341. The molecule has 1 aromatic rings. The predicted molar refractivity (Wildman–Crippen MR) is 97.4 cm³/mol. The van der Waals surface area contributed by atoms with E-state index in [1.807, 2.05) is 6.92 Å². The number of rotatable bonds is 9. The van der Waals surface area contributed by atoms with E-state index in [0.717, 1.165) is 17.7 Å². The summed E-state index contributed by atoms with van der Waals surface area (Å²) >= 11 is 0. The second kappa shape index (κ2) is 9.29. The molecule has 0 unspecified atom stereocenters. The normalized spacial score (nSPS) is 18.8. The molecule has 0 radical (unpaired) electrons. The van der Waals surface area contributed by atoms with E-state index in [9.17, 15) is 23.6 Å². The third kappa shape index (κ3) is 5.51. The molecule has 1 atom stereocenters. The van der Waals surface area contributed by atoms with Gasteiger partial charge in [0.05, 0.1) is 0 Å². The number of nitrogens with one attached hydrogen (secondary N) is 2. The number of carbonyl (C=O) groups is 4. The lowest BCUT2D eigenvalue weighted by molar-refractivity contribution is -0.151. The van der Waals surface area contributed by atoms with Gasteiger partial charge in [0, 0.05) is 6.54 Å². The average molecular weight is 393 g/mol. The van der Waals surface area contributed by atoms with E-state index in [1.54, 1.807) is 6.92 Å². The zero-order chi connectivity index (χ0) is 20.7. The monoisotopic (exact) mass is 393 g/mol. The van der Waals surface area contributed by atoms with Crippen LogP contribution in [0, 0.1) is 5.82 Å². The van der Waals surface area contributed by atoms with E-state index in [4.69, 9.17) is 4.74 Å². The summed E-state index contributed by atoms with van der Waals surface area (Å²) in [6.07, 6.45) is 2.11. The van der Waals surface area contributed by atoms with Crippen molar-refractivity contribution in [3.05, 3.63) is 35.6 Å². The number of halogens is 1. The summed E-state index contributed by atoms with van der Waals surface area (Å²) in [6.45, 7) is 2.64. The van der Waals surface area contributed by atoms with Crippen LogP contribution in [0.5, 0.6) is 0 Å². The van der Waals surface area contributed by atoms with Crippen molar-refractivity contribution in [3.8, 4) is 0 Å². The highest BCUT2D eigenvalue weighted by molar-refractivity contribution is 6.08. The second-order valence-electron chi connectivity index (χ2n) is 6.82. The molecule has 2 N–H and O–H groups in total. The lowest BCUT2D eigenvalue weighted by Crippen LogP contribution is -2.44. The van der Waals surface area contributed by atoms with Crippen LogP contribution in [0.3, 0.4) is 0 Å². The molecular formula is C19H24FN3O5. The third-order valence-corrected chi connectivity index (χ3v) is 4.43. The fourth-order valence-electron chi connectivity index (χ4n) is 2.77. The maximum Gasteiger partial charge on any atom is 0.326 e. The van der Waals surface area contributed by atoms with E-state index in [1.165, 1.54) is 24.3 Å². The minimum atomic E-state index is -1.03. The summed E-state index contributed by atoms with van der Waals surface area (Å²) in [6, 6.07) is 4.94. The number of hydrogen-bond acceptors (Lipinski definition) is 5. The lowest BCUT2D eigenvalue weighted by Gasteiger charge is -2.21. The number of esters is 1. The summed E-state index contributed by atoms with van der Waals surface area (Å²) in [5, 5.41) is 5.12. The van der Waals surface area contributed by atoms with Crippen molar-refractivity contribution in [2.24, 2.45) is 0 Å². The number of nitrogens with zero attached hydrogens (tertiary/aromatic N) is 1. The van der Waals surface area contributed by atoms with Crippen molar-refractivity contribution in [2.45, 2.75) is 45.2 Å². The maximum absolute atomic E-state index is 12.8. The molecule has 28 heavy (non-hydrogen) atoms. The highest BCUT2D eigenvalue weighted by Gasteiger charge is 2.47. The molecule has 0 spiro atoms. The van der Waals surface area contributed by atoms with Crippen molar-refractivity contribution in [1.82, 2.24) is 15.5 Å². The fraction of sp³-hybridized carbons (Fsp3) is 0.474. The Morgan fingerprint density at radius 3 is 2.57 bits per heavy atom. The first kappa shape index (κ1) is 21.3.